The Morgan fingerprint density at radius 2 is 1.71 bits per heavy atom. The van der Waals surface area contributed by atoms with Crippen LogP contribution >= 0.6 is 11.8 Å². The van der Waals surface area contributed by atoms with E-state index >= 15 is 0 Å². The first-order chi connectivity index (χ1) is 10.1. The smallest absolute Gasteiger partial charge is 0.0343 e. The zero-order valence-corrected chi connectivity index (χ0v) is 14.3. The van der Waals surface area contributed by atoms with E-state index in [1.807, 2.05) is 0 Å². The van der Waals surface area contributed by atoms with Gasteiger partial charge in [0.05, 0.1) is 0 Å². The zero-order chi connectivity index (χ0) is 14.7. The second-order valence-electron chi connectivity index (χ2n) is 7.65. The third-order valence-corrected chi connectivity index (χ3v) is 6.38. The molecule has 1 nitrogen and oxygen atoms in total. The number of hydrogen-bond donors (Lipinski definition) is 1. The fraction of sp³-hybridized carbons (Fsp3) is 0.684. The molecule has 1 atom stereocenters. The number of thioether (sulfide) groups is 1. The summed E-state index contributed by atoms with van der Waals surface area (Å²) < 4.78 is 0. The maximum Gasteiger partial charge on any atom is 0.0343 e. The van der Waals surface area contributed by atoms with Crippen molar-refractivity contribution in [1.82, 2.24) is 0 Å². The van der Waals surface area contributed by atoms with Crippen LogP contribution in [0.4, 0.5) is 5.69 Å². The average molecular weight is 304 g/mol. The van der Waals surface area contributed by atoms with Gasteiger partial charge in [0.1, 0.15) is 0 Å². The third kappa shape index (κ3) is 4.42. The van der Waals surface area contributed by atoms with Gasteiger partial charge in [0, 0.05) is 21.9 Å². The fourth-order valence-corrected chi connectivity index (χ4v) is 5.13. The van der Waals surface area contributed by atoms with Crippen LogP contribution in [0.25, 0.3) is 0 Å². The molecule has 1 aromatic rings. The van der Waals surface area contributed by atoms with E-state index in [-0.39, 0.29) is 0 Å². The summed E-state index contributed by atoms with van der Waals surface area (Å²) in [5.41, 5.74) is 1.81. The Morgan fingerprint density at radius 3 is 2.38 bits per heavy atom. The summed E-state index contributed by atoms with van der Waals surface area (Å²) in [6.07, 6.45) is 11.0. The molecule has 0 spiro atoms. The quantitative estimate of drug-likeness (QED) is 0.721. The third-order valence-electron chi connectivity index (χ3n) is 5.04. The number of anilines is 1. The van der Waals surface area contributed by atoms with Crippen molar-refractivity contribution in [2.75, 3.05) is 5.32 Å². The van der Waals surface area contributed by atoms with Gasteiger partial charge >= 0.3 is 0 Å². The van der Waals surface area contributed by atoms with Gasteiger partial charge in [0.25, 0.3) is 0 Å². The van der Waals surface area contributed by atoms with E-state index in [9.17, 15) is 0 Å². The van der Waals surface area contributed by atoms with Crippen molar-refractivity contribution in [3.63, 3.8) is 0 Å². The SMILES string of the molecule is CC1(C)CCCC(Nc2ccc(SC3CCCC3)cc2)C1. The topological polar surface area (TPSA) is 12.0 Å². The van der Waals surface area contributed by atoms with Crippen LogP contribution in [0, 0.1) is 5.41 Å². The van der Waals surface area contributed by atoms with Gasteiger partial charge in [-0.05, 0) is 61.8 Å². The molecule has 0 amide bonds. The van der Waals surface area contributed by atoms with Gasteiger partial charge in [-0.15, -0.1) is 11.8 Å². The highest BCUT2D eigenvalue weighted by atomic mass is 32.2. The van der Waals surface area contributed by atoms with Crippen LogP contribution in [0.3, 0.4) is 0 Å². The Balaban J connectivity index is 1.54. The summed E-state index contributed by atoms with van der Waals surface area (Å²) >= 11 is 2.08. The molecule has 0 heterocycles. The van der Waals surface area contributed by atoms with Crippen molar-refractivity contribution in [2.24, 2.45) is 5.41 Å². The second-order valence-corrected chi connectivity index (χ2v) is 9.02. The molecular formula is C19H29NS. The molecule has 2 heteroatoms. The van der Waals surface area contributed by atoms with Gasteiger partial charge in [0.2, 0.25) is 0 Å². The molecule has 116 valence electrons. The molecule has 0 bridgehead atoms. The number of nitrogens with one attached hydrogen (secondary N) is 1. The van der Waals surface area contributed by atoms with Crippen molar-refractivity contribution < 1.29 is 0 Å². The van der Waals surface area contributed by atoms with Crippen LogP contribution in [0.2, 0.25) is 0 Å². The van der Waals surface area contributed by atoms with Gasteiger partial charge in [0.15, 0.2) is 0 Å². The Kier molecular flexibility index (Phi) is 4.83. The lowest BCUT2D eigenvalue weighted by molar-refractivity contribution is 0.229. The standard InChI is InChI=1S/C19H29NS/c1-19(2)13-5-6-16(14-19)20-15-9-11-18(12-10-15)21-17-7-3-4-8-17/h9-12,16-17,20H,3-8,13-14H2,1-2H3. The van der Waals surface area contributed by atoms with Gasteiger partial charge in [-0.25, -0.2) is 0 Å². The highest BCUT2D eigenvalue weighted by Gasteiger charge is 2.27. The van der Waals surface area contributed by atoms with Crippen LogP contribution in [0.15, 0.2) is 29.2 Å². The minimum absolute atomic E-state index is 0.508. The monoisotopic (exact) mass is 303 g/mol. The molecule has 1 unspecified atom stereocenters. The summed E-state index contributed by atoms with van der Waals surface area (Å²) in [5, 5.41) is 4.61. The predicted octanol–water partition coefficient (Wildman–Crippen LogP) is 6.10. The first-order valence-corrected chi connectivity index (χ1v) is 9.52. The summed E-state index contributed by atoms with van der Waals surface area (Å²) in [7, 11) is 0. The van der Waals surface area contributed by atoms with Crippen LogP contribution in [0.1, 0.15) is 65.2 Å². The Morgan fingerprint density at radius 1 is 1.00 bits per heavy atom. The van der Waals surface area contributed by atoms with Crippen LogP contribution in [0.5, 0.6) is 0 Å². The highest BCUT2D eigenvalue weighted by molar-refractivity contribution is 8.00. The Hall–Kier alpha value is -0.630. The summed E-state index contributed by atoms with van der Waals surface area (Å²) in [4.78, 5) is 1.44. The van der Waals surface area contributed by atoms with Crippen molar-refractivity contribution in [3.05, 3.63) is 24.3 Å². The Labute approximate surface area is 134 Å². The number of rotatable bonds is 4. The first kappa shape index (κ1) is 15.3. The molecule has 0 aliphatic heterocycles. The van der Waals surface area contributed by atoms with E-state index in [4.69, 9.17) is 0 Å². The highest BCUT2D eigenvalue weighted by Crippen LogP contribution is 2.37. The van der Waals surface area contributed by atoms with Gasteiger partial charge in [-0.2, -0.15) is 0 Å². The molecule has 2 aliphatic carbocycles. The maximum atomic E-state index is 3.75. The molecule has 0 radical (unpaired) electrons. The van der Waals surface area contributed by atoms with Crippen molar-refractivity contribution in [2.45, 2.75) is 81.4 Å². The minimum Gasteiger partial charge on any atom is -0.382 e. The molecule has 21 heavy (non-hydrogen) atoms. The van der Waals surface area contributed by atoms with Gasteiger partial charge in [-0.3, -0.25) is 0 Å². The number of benzene rings is 1. The predicted molar refractivity (Wildman–Crippen MR) is 94.2 cm³/mol. The normalized spacial score (nSPS) is 25.9. The molecule has 0 aromatic heterocycles. The summed E-state index contributed by atoms with van der Waals surface area (Å²) in [6.45, 7) is 4.81. The zero-order valence-electron chi connectivity index (χ0n) is 13.5. The lowest BCUT2D eigenvalue weighted by atomic mass is 9.75. The number of hydrogen-bond acceptors (Lipinski definition) is 2. The van der Waals surface area contributed by atoms with Crippen molar-refractivity contribution >= 4 is 17.4 Å². The second kappa shape index (κ2) is 6.64. The lowest BCUT2D eigenvalue weighted by Crippen LogP contribution is -2.31. The van der Waals surface area contributed by atoms with E-state index in [0.717, 1.165) is 5.25 Å². The molecule has 1 N–H and O–H groups in total. The average Bonchev–Trinajstić information content (AvgIpc) is 2.93. The summed E-state index contributed by atoms with van der Waals surface area (Å²) in [5.74, 6) is 0. The van der Waals surface area contributed by atoms with Crippen LogP contribution in [-0.2, 0) is 0 Å². The maximum absolute atomic E-state index is 3.75. The van der Waals surface area contributed by atoms with E-state index in [2.05, 4.69) is 55.2 Å². The molecule has 1 aromatic carbocycles. The lowest BCUT2D eigenvalue weighted by Gasteiger charge is -2.36. The van der Waals surface area contributed by atoms with Gasteiger partial charge in [-0.1, -0.05) is 33.1 Å². The fourth-order valence-electron chi connectivity index (χ4n) is 3.89. The van der Waals surface area contributed by atoms with E-state index in [0.29, 0.717) is 11.5 Å². The van der Waals surface area contributed by atoms with Crippen molar-refractivity contribution in [3.8, 4) is 0 Å². The van der Waals surface area contributed by atoms with E-state index < -0.39 is 0 Å². The molecule has 2 fully saturated rings. The molecule has 0 saturated heterocycles. The first-order valence-electron chi connectivity index (χ1n) is 8.64. The van der Waals surface area contributed by atoms with E-state index in [1.54, 1.807) is 0 Å². The molecular weight excluding hydrogens is 274 g/mol. The van der Waals surface area contributed by atoms with Crippen LogP contribution < -0.4 is 5.32 Å². The molecule has 2 saturated carbocycles. The Bertz CT molecular complexity index is 445. The largest absolute Gasteiger partial charge is 0.382 e. The van der Waals surface area contributed by atoms with Crippen LogP contribution in [-0.4, -0.2) is 11.3 Å². The summed E-state index contributed by atoms with van der Waals surface area (Å²) in [6, 6.07) is 9.82. The molecule has 2 aliphatic rings. The van der Waals surface area contributed by atoms with Crippen molar-refractivity contribution in [1.29, 1.82) is 0 Å². The minimum atomic E-state index is 0.508. The van der Waals surface area contributed by atoms with Gasteiger partial charge < -0.3 is 5.32 Å². The van der Waals surface area contributed by atoms with E-state index in [1.165, 1.54) is 61.9 Å². The molecule has 3 rings (SSSR count).